The lowest BCUT2D eigenvalue weighted by Crippen LogP contribution is -2.51. The number of carbonyl (C=O) groups is 4. The average molecular weight is 504 g/mol. The number of nitrogens with zero attached hydrogens (tertiary/aromatic N) is 2. The van der Waals surface area contributed by atoms with Gasteiger partial charge in [-0.15, -0.1) is 0 Å². The summed E-state index contributed by atoms with van der Waals surface area (Å²) in [5.41, 5.74) is 6.62. The number of aliphatic carboxylic acids is 1. The number of carboxylic acids is 1. The van der Waals surface area contributed by atoms with E-state index in [1.165, 1.54) is 0 Å². The number of fused-ring (bicyclic) bond motifs is 1. The van der Waals surface area contributed by atoms with Gasteiger partial charge in [0, 0.05) is 20.0 Å². The van der Waals surface area contributed by atoms with E-state index in [4.69, 9.17) is 15.2 Å². The highest BCUT2D eigenvalue weighted by molar-refractivity contribution is 6.02. The molecule has 3 rings (SSSR count). The molecule has 0 radical (unpaired) electrons. The van der Waals surface area contributed by atoms with Gasteiger partial charge in [-0.25, -0.2) is 0 Å². The molecule has 1 aromatic carbocycles. The Kier molecular flexibility index (Phi) is 9.69. The van der Waals surface area contributed by atoms with Crippen molar-refractivity contribution in [2.45, 2.75) is 58.6 Å². The maximum Gasteiger partial charge on any atom is 0.323 e. The van der Waals surface area contributed by atoms with Gasteiger partial charge in [-0.05, 0) is 44.2 Å². The number of carbonyl (C=O) groups excluding carboxylic acids is 3. The highest BCUT2D eigenvalue weighted by Crippen LogP contribution is 2.37. The van der Waals surface area contributed by atoms with Gasteiger partial charge in [0.2, 0.25) is 11.8 Å². The van der Waals surface area contributed by atoms with Crippen molar-refractivity contribution in [3.05, 3.63) is 24.3 Å². The van der Waals surface area contributed by atoms with Crippen LogP contribution in [0.4, 0.5) is 5.69 Å². The number of anilines is 1. The van der Waals surface area contributed by atoms with Crippen molar-refractivity contribution in [3.8, 4) is 5.75 Å². The number of piperidine rings is 1. The molecule has 2 amide bonds. The average Bonchev–Trinajstić information content (AvgIpc) is 2.93. The lowest BCUT2D eigenvalue weighted by Gasteiger charge is -2.31. The summed E-state index contributed by atoms with van der Waals surface area (Å²) in [5, 5.41) is 9.45. The fourth-order valence-electron chi connectivity index (χ4n) is 5.17. The smallest absolute Gasteiger partial charge is 0.323 e. The van der Waals surface area contributed by atoms with Crippen molar-refractivity contribution in [1.29, 1.82) is 0 Å². The Hall–Kier alpha value is -3.14. The number of nitrogens with two attached hydrogens (primary N) is 1. The summed E-state index contributed by atoms with van der Waals surface area (Å²) in [5.74, 6) is -3.32. The van der Waals surface area contributed by atoms with Crippen LogP contribution in [0.15, 0.2) is 24.3 Å². The Balaban J connectivity index is 1.71. The number of amides is 2. The van der Waals surface area contributed by atoms with Crippen LogP contribution in [0.25, 0.3) is 0 Å². The molecule has 1 fully saturated rings. The molecule has 2 unspecified atom stereocenters. The highest BCUT2D eigenvalue weighted by Gasteiger charge is 2.45. The molecule has 2 heterocycles. The number of ether oxygens (including phenoxy) is 2. The molecule has 36 heavy (non-hydrogen) atoms. The van der Waals surface area contributed by atoms with Crippen LogP contribution in [-0.4, -0.2) is 66.2 Å². The number of benzene rings is 1. The summed E-state index contributed by atoms with van der Waals surface area (Å²) < 4.78 is 11.2. The van der Waals surface area contributed by atoms with Crippen LogP contribution in [0.2, 0.25) is 0 Å². The van der Waals surface area contributed by atoms with E-state index in [2.05, 4.69) is 0 Å². The fraction of sp³-hybridized carbons (Fsp3) is 0.615. The van der Waals surface area contributed by atoms with Crippen molar-refractivity contribution in [1.82, 2.24) is 4.90 Å². The molecule has 0 aliphatic carbocycles. The number of carboxylic acid groups (broad SMARTS) is 1. The predicted molar refractivity (Wildman–Crippen MR) is 132 cm³/mol. The van der Waals surface area contributed by atoms with E-state index < -0.39 is 42.5 Å². The summed E-state index contributed by atoms with van der Waals surface area (Å²) >= 11 is 0. The summed E-state index contributed by atoms with van der Waals surface area (Å²) in [6.07, 6.45) is 3.67. The summed E-state index contributed by atoms with van der Waals surface area (Å²) in [6.45, 7) is 4.41. The molecular formula is C26H37N3O7. The molecule has 1 saturated heterocycles. The number of likely N-dealkylation sites (tertiary alicyclic amines) is 1. The molecule has 10 nitrogen and oxygen atoms in total. The summed E-state index contributed by atoms with van der Waals surface area (Å²) in [4.78, 5) is 52.7. The third kappa shape index (κ3) is 6.75. The lowest BCUT2D eigenvalue weighted by molar-refractivity contribution is -0.155. The molecule has 3 atom stereocenters. The zero-order valence-corrected chi connectivity index (χ0v) is 21.1. The number of unbranched alkanes of at least 4 members (excludes halogenated alkanes) is 1. The molecule has 2 aliphatic rings. The maximum atomic E-state index is 13.6. The Labute approximate surface area is 211 Å². The first-order valence-corrected chi connectivity index (χ1v) is 12.7. The van der Waals surface area contributed by atoms with Crippen molar-refractivity contribution in [3.63, 3.8) is 0 Å². The van der Waals surface area contributed by atoms with Gasteiger partial charge >= 0.3 is 11.9 Å². The first-order valence-electron chi connectivity index (χ1n) is 12.7. The summed E-state index contributed by atoms with van der Waals surface area (Å²) in [6, 6.07) is 6.61. The number of hydrogen-bond donors (Lipinski definition) is 2. The van der Waals surface area contributed by atoms with Crippen LogP contribution >= 0.6 is 0 Å². The normalized spacial score (nSPS) is 21.2. The van der Waals surface area contributed by atoms with E-state index in [-0.39, 0.29) is 12.5 Å². The van der Waals surface area contributed by atoms with E-state index in [9.17, 15) is 24.3 Å². The van der Waals surface area contributed by atoms with Gasteiger partial charge in [-0.2, -0.15) is 0 Å². The SMILES string of the molecule is CCOC(=O)C(CCCCC1CCN(C(C)=O)CC1)[C@@H]1C(=O)N(CC(=O)O)c2ccccc2OC1N. The number of rotatable bonds is 10. The monoisotopic (exact) mass is 503 g/mol. The van der Waals surface area contributed by atoms with Crippen molar-refractivity contribution in [2.75, 3.05) is 31.1 Å². The third-order valence-electron chi connectivity index (χ3n) is 7.08. The Morgan fingerprint density at radius 1 is 1.19 bits per heavy atom. The van der Waals surface area contributed by atoms with Gasteiger partial charge in [0.25, 0.3) is 0 Å². The minimum atomic E-state index is -1.18. The zero-order valence-electron chi connectivity index (χ0n) is 21.1. The molecule has 2 aliphatic heterocycles. The Bertz CT molecular complexity index is 945. The van der Waals surface area contributed by atoms with Crippen LogP contribution in [-0.2, 0) is 23.9 Å². The first-order chi connectivity index (χ1) is 17.2. The number of hydrogen-bond acceptors (Lipinski definition) is 7. The van der Waals surface area contributed by atoms with Gasteiger partial charge in [0.15, 0.2) is 6.23 Å². The van der Waals surface area contributed by atoms with Gasteiger partial charge in [-0.1, -0.05) is 31.4 Å². The number of para-hydroxylation sites is 2. The topological polar surface area (TPSA) is 139 Å². The second-order valence-corrected chi connectivity index (χ2v) is 9.49. The van der Waals surface area contributed by atoms with Gasteiger partial charge < -0.3 is 19.5 Å². The fourth-order valence-corrected chi connectivity index (χ4v) is 5.17. The maximum absolute atomic E-state index is 13.6. The number of esters is 1. The zero-order chi connectivity index (χ0) is 26.2. The molecule has 10 heteroatoms. The quantitative estimate of drug-likeness (QED) is 0.366. The molecule has 3 N–H and O–H groups in total. The highest BCUT2D eigenvalue weighted by atomic mass is 16.5. The molecule has 1 aromatic rings. The summed E-state index contributed by atoms with van der Waals surface area (Å²) in [7, 11) is 0. The minimum absolute atomic E-state index is 0.108. The first kappa shape index (κ1) is 27.4. The second-order valence-electron chi connectivity index (χ2n) is 9.49. The second kappa shape index (κ2) is 12.7. The van der Waals surface area contributed by atoms with E-state index in [0.29, 0.717) is 30.2 Å². The standard InChI is InChI=1S/C26H37N3O7/c1-3-35-26(34)19(9-5-4-8-18-12-14-28(15-13-18)17(2)30)23-24(27)36-21-11-7-6-10-20(21)29(25(23)33)16-22(31)32/h6-7,10-11,18-19,23-24H,3-5,8-9,12-16,27H2,1-2H3,(H,31,32)/t19?,23-,24?/m0/s1. The van der Waals surface area contributed by atoms with Gasteiger partial charge in [0.1, 0.15) is 18.2 Å². The van der Waals surface area contributed by atoms with Gasteiger partial charge in [-0.3, -0.25) is 29.8 Å². The Morgan fingerprint density at radius 3 is 2.53 bits per heavy atom. The molecule has 0 saturated carbocycles. The van der Waals surface area contributed by atoms with Crippen LogP contribution in [0.5, 0.6) is 5.75 Å². The predicted octanol–water partition coefficient (Wildman–Crippen LogP) is 2.40. The van der Waals surface area contributed by atoms with Crippen molar-refractivity contribution < 1.29 is 33.8 Å². The van der Waals surface area contributed by atoms with E-state index >= 15 is 0 Å². The van der Waals surface area contributed by atoms with E-state index in [0.717, 1.165) is 43.7 Å². The third-order valence-corrected chi connectivity index (χ3v) is 7.08. The molecule has 0 spiro atoms. The largest absolute Gasteiger partial charge is 0.480 e. The van der Waals surface area contributed by atoms with Crippen LogP contribution in [0.1, 0.15) is 52.4 Å². The van der Waals surface area contributed by atoms with Crippen molar-refractivity contribution >= 4 is 29.4 Å². The molecular weight excluding hydrogens is 466 g/mol. The van der Waals surface area contributed by atoms with Crippen molar-refractivity contribution in [2.24, 2.45) is 23.5 Å². The minimum Gasteiger partial charge on any atom is -0.480 e. The van der Waals surface area contributed by atoms with Gasteiger partial charge in [0.05, 0.1) is 18.2 Å². The lowest BCUT2D eigenvalue weighted by atomic mass is 9.84. The molecule has 0 aromatic heterocycles. The van der Waals surface area contributed by atoms with Crippen LogP contribution in [0, 0.1) is 17.8 Å². The molecule has 0 bridgehead atoms. The Morgan fingerprint density at radius 2 is 1.89 bits per heavy atom. The molecule has 198 valence electrons. The van der Waals surface area contributed by atoms with E-state index in [1.54, 1.807) is 38.1 Å². The van der Waals surface area contributed by atoms with Crippen LogP contribution < -0.4 is 15.4 Å². The van der Waals surface area contributed by atoms with E-state index in [1.807, 2.05) is 4.90 Å². The van der Waals surface area contributed by atoms with Crippen LogP contribution in [0.3, 0.4) is 0 Å².